The van der Waals surface area contributed by atoms with E-state index >= 15 is 0 Å². The van der Waals surface area contributed by atoms with Crippen LogP contribution in [0.25, 0.3) is 0 Å². The maximum Gasteiger partial charge on any atom is 0.260 e. The summed E-state index contributed by atoms with van der Waals surface area (Å²) >= 11 is 0. The minimum atomic E-state index is -3.79. The molecule has 0 bridgehead atoms. The molecule has 1 atom stereocenters. The van der Waals surface area contributed by atoms with Gasteiger partial charge in [-0.2, -0.15) is 5.10 Å². The number of rotatable bonds is 13. The highest BCUT2D eigenvalue weighted by Crippen LogP contribution is 2.32. The highest BCUT2D eigenvalue weighted by molar-refractivity contribution is 7.92. The van der Waals surface area contributed by atoms with Gasteiger partial charge in [0.05, 0.1) is 38.4 Å². The number of methoxy groups -OCH3 is 2. The lowest BCUT2D eigenvalue weighted by molar-refractivity contribution is -0.123. The topological polar surface area (TPSA) is 136 Å². The van der Waals surface area contributed by atoms with Crippen LogP contribution in [-0.4, -0.2) is 60.1 Å². The third-order valence-corrected chi connectivity index (χ3v) is 6.81. The highest BCUT2D eigenvalue weighted by atomic mass is 32.2. The summed E-state index contributed by atoms with van der Waals surface area (Å²) in [5, 5.41) is 6.78. The lowest BCUT2D eigenvalue weighted by Gasteiger charge is -2.22. The minimum Gasteiger partial charge on any atom is -0.493 e. The molecule has 11 nitrogen and oxygen atoms in total. The number of ether oxygens (including phenoxy) is 3. The lowest BCUT2D eigenvalue weighted by Crippen LogP contribution is -2.39. The average Bonchev–Trinajstić information content (AvgIpc) is 2.95. The van der Waals surface area contributed by atoms with Gasteiger partial charge in [-0.1, -0.05) is 30.3 Å². The van der Waals surface area contributed by atoms with Crippen LogP contribution in [-0.2, 0) is 19.6 Å². The molecule has 0 fully saturated rings. The summed E-state index contributed by atoms with van der Waals surface area (Å²) in [5.74, 6) is 0.337. The molecule has 0 aromatic heterocycles. The molecule has 0 aliphatic rings. The predicted octanol–water partition coefficient (Wildman–Crippen LogP) is 2.88. The van der Waals surface area contributed by atoms with Gasteiger partial charge in [-0.3, -0.25) is 13.9 Å². The van der Waals surface area contributed by atoms with Gasteiger partial charge in [-0.05, 0) is 54.4 Å². The number of sulfonamides is 1. The van der Waals surface area contributed by atoms with Gasteiger partial charge in [0.25, 0.3) is 11.8 Å². The molecule has 3 aromatic carbocycles. The number of hydrogen-bond donors (Lipinski definition) is 2. The van der Waals surface area contributed by atoms with Gasteiger partial charge in [-0.25, -0.2) is 13.8 Å². The molecule has 212 valence electrons. The average molecular weight is 569 g/mol. The Morgan fingerprint density at radius 1 is 0.950 bits per heavy atom. The van der Waals surface area contributed by atoms with Crippen molar-refractivity contribution in [2.75, 3.05) is 37.9 Å². The van der Waals surface area contributed by atoms with Crippen LogP contribution in [0.1, 0.15) is 24.1 Å². The van der Waals surface area contributed by atoms with E-state index in [9.17, 15) is 18.0 Å². The SMILES string of the molecule is COc1ccc(N(CC(=O)N/N=C\c2ccc(OCC(=O)N[C@H](C)c3ccccc3)cc2)S(C)(=O)=O)cc1OC. The minimum absolute atomic E-state index is 0.141. The van der Waals surface area contributed by atoms with Crippen LogP contribution in [0.5, 0.6) is 17.2 Å². The number of benzene rings is 3. The monoisotopic (exact) mass is 568 g/mol. The van der Waals surface area contributed by atoms with Gasteiger partial charge >= 0.3 is 0 Å². The molecule has 0 saturated heterocycles. The molecule has 0 heterocycles. The second kappa shape index (κ2) is 14.0. The summed E-state index contributed by atoms with van der Waals surface area (Å²) in [6, 6.07) is 20.7. The van der Waals surface area contributed by atoms with Crippen LogP contribution in [0.15, 0.2) is 77.9 Å². The van der Waals surface area contributed by atoms with Gasteiger partial charge in [-0.15, -0.1) is 0 Å². The first-order valence-corrected chi connectivity index (χ1v) is 14.0. The molecule has 0 spiro atoms. The normalized spacial score (nSPS) is 11.9. The number of hydrogen-bond acceptors (Lipinski definition) is 8. The number of hydrazone groups is 1. The molecule has 0 radical (unpaired) electrons. The van der Waals surface area contributed by atoms with Crippen LogP contribution in [0.2, 0.25) is 0 Å². The summed E-state index contributed by atoms with van der Waals surface area (Å²) in [7, 11) is -0.900. The van der Waals surface area contributed by atoms with Gasteiger partial charge < -0.3 is 19.5 Å². The van der Waals surface area contributed by atoms with Crippen molar-refractivity contribution < 1.29 is 32.2 Å². The van der Waals surface area contributed by atoms with Crippen molar-refractivity contribution in [1.29, 1.82) is 0 Å². The zero-order chi connectivity index (χ0) is 29.1. The molecule has 3 aromatic rings. The van der Waals surface area contributed by atoms with Crippen molar-refractivity contribution in [3.8, 4) is 17.2 Å². The van der Waals surface area contributed by atoms with Gasteiger partial charge in [0.15, 0.2) is 18.1 Å². The van der Waals surface area contributed by atoms with E-state index in [1.807, 2.05) is 37.3 Å². The van der Waals surface area contributed by atoms with Crippen molar-refractivity contribution in [1.82, 2.24) is 10.7 Å². The van der Waals surface area contributed by atoms with E-state index in [2.05, 4.69) is 15.8 Å². The summed E-state index contributed by atoms with van der Waals surface area (Å²) in [6.45, 7) is 1.26. The van der Waals surface area contributed by atoms with Crippen LogP contribution in [0.3, 0.4) is 0 Å². The maximum atomic E-state index is 12.5. The van der Waals surface area contributed by atoms with E-state index in [1.165, 1.54) is 32.6 Å². The van der Waals surface area contributed by atoms with E-state index in [0.717, 1.165) is 16.1 Å². The second-order valence-electron chi connectivity index (χ2n) is 8.66. The van der Waals surface area contributed by atoms with Crippen LogP contribution >= 0.6 is 0 Å². The molecule has 2 N–H and O–H groups in total. The number of amides is 2. The standard InChI is InChI=1S/C28H32N4O7S/c1-20(22-8-6-5-7-9-22)30-28(34)19-39-24-13-10-21(11-14-24)17-29-31-27(33)18-32(40(4,35)36)23-12-15-25(37-2)26(16-23)38-3/h5-17,20H,18-19H2,1-4H3,(H,30,34)(H,31,33)/b29-17-/t20-/m1/s1. The maximum absolute atomic E-state index is 12.5. The van der Waals surface area contributed by atoms with Crippen molar-refractivity contribution in [3.63, 3.8) is 0 Å². The summed E-state index contributed by atoms with van der Waals surface area (Å²) < 4.78 is 41.6. The van der Waals surface area contributed by atoms with E-state index in [4.69, 9.17) is 14.2 Å². The van der Waals surface area contributed by atoms with Gasteiger partial charge in [0.1, 0.15) is 12.3 Å². The highest BCUT2D eigenvalue weighted by Gasteiger charge is 2.22. The Labute approximate surface area is 233 Å². The summed E-state index contributed by atoms with van der Waals surface area (Å²) in [6.07, 6.45) is 2.40. The number of nitrogens with one attached hydrogen (secondary N) is 2. The Balaban J connectivity index is 1.51. The fourth-order valence-corrected chi connectivity index (χ4v) is 4.48. The zero-order valence-electron chi connectivity index (χ0n) is 22.7. The molecule has 0 saturated carbocycles. The molecule has 0 unspecified atom stereocenters. The Morgan fingerprint density at radius 3 is 2.25 bits per heavy atom. The van der Waals surface area contributed by atoms with Crippen LogP contribution in [0.4, 0.5) is 5.69 Å². The first-order valence-electron chi connectivity index (χ1n) is 12.2. The van der Waals surface area contributed by atoms with E-state index in [1.54, 1.807) is 30.3 Å². The Bertz CT molecular complexity index is 1430. The fraction of sp³-hybridized carbons (Fsp3) is 0.250. The third-order valence-electron chi connectivity index (χ3n) is 5.67. The summed E-state index contributed by atoms with van der Waals surface area (Å²) in [4.78, 5) is 24.7. The van der Waals surface area contributed by atoms with Gasteiger partial charge in [0, 0.05) is 6.07 Å². The van der Waals surface area contributed by atoms with Crippen molar-refractivity contribution in [2.45, 2.75) is 13.0 Å². The first kappa shape index (κ1) is 30.0. The molecular weight excluding hydrogens is 536 g/mol. The molecule has 2 amide bonds. The Hall–Kier alpha value is -4.58. The Morgan fingerprint density at radius 2 is 1.62 bits per heavy atom. The van der Waals surface area contributed by atoms with Crippen molar-refractivity contribution in [2.24, 2.45) is 5.10 Å². The molecule has 0 aliphatic heterocycles. The van der Waals surface area contributed by atoms with E-state index in [0.29, 0.717) is 22.8 Å². The van der Waals surface area contributed by atoms with Crippen LogP contribution in [0, 0.1) is 0 Å². The lowest BCUT2D eigenvalue weighted by atomic mass is 10.1. The molecule has 12 heteroatoms. The Kier molecular flexibility index (Phi) is 10.5. The molecule has 40 heavy (non-hydrogen) atoms. The molecule has 0 aliphatic carbocycles. The number of carbonyl (C=O) groups is 2. The van der Waals surface area contributed by atoms with Gasteiger partial charge in [0.2, 0.25) is 10.0 Å². The summed E-state index contributed by atoms with van der Waals surface area (Å²) in [5.41, 5.74) is 4.20. The van der Waals surface area contributed by atoms with Crippen molar-refractivity contribution in [3.05, 3.63) is 83.9 Å². The third kappa shape index (κ3) is 8.73. The largest absolute Gasteiger partial charge is 0.493 e. The first-order chi connectivity index (χ1) is 19.1. The smallest absolute Gasteiger partial charge is 0.260 e. The van der Waals surface area contributed by atoms with Crippen LogP contribution < -0.4 is 29.3 Å². The van der Waals surface area contributed by atoms with E-state index < -0.39 is 22.5 Å². The molecule has 3 rings (SSSR count). The second-order valence-corrected chi connectivity index (χ2v) is 10.6. The number of carbonyl (C=O) groups excluding carboxylic acids is 2. The quantitative estimate of drug-likeness (QED) is 0.239. The zero-order valence-corrected chi connectivity index (χ0v) is 23.5. The van der Waals surface area contributed by atoms with Crippen molar-refractivity contribution >= 4 is 33.7 Å². The predicted molar refractivity (Wildman–Crippen MR) is 152 cm³/mol. The molecular formula is C28H32N4O7S. The number of anilines is 1. The van der Waals surface area contributed by atoms with E-state index in [-0.39, 0.29) is 24.2 Å². The fourth-order valence-electron chi connectivity index (χ4n) is 3.63. The number of nitrogens with zero attached hydrogens (tertiary/aromatic N) is 2.